The second kappa shape index (κ2) is 5.43. The van der Waals surface area contributed by atoms with Crippen molar-refractivity contribution >= 4 is 40.7 Å². The molecule has 0 bridgehead atoms. The zero-order chi connectivity index (χ0) is 10.6. The van der Waals surface area contributed by atoms with Crippen molar-refractivity contribution < 1.29 is 4.79 Å². The Morgan fingerprint density at radius 1 is 1.36 bits per heavy atom. The van der Waals surface area contributed by atoms with Crippen molar-refractivity contribution in [2.45, 2.75) is 42.5 Å². The van der Waals surface area contributed by atoms with Gasteiger partial charge in [0.15, 0.2) is 0 Å². The number of halogens is 3. The first-order valence-electron chi connectivity index (χ1n) is 4.77. The highest BCUT2D eigenvalue weighted by Crippen LogP contribution is 2.42. The molecule has 1 N–H and O–H groups in total. The molecule has 2 nitrogen and oxygen atoms in total. The molecule has 1 rings (SSSR count). The molecule has 0 atom stereocenters. The number of alkyl halides is 3. The lowest BCUT2D eigenvalue weighted by molar-refractivity contribution is -0.122. The number of hydrogen-bond donors (Lipinski definition) is 1. The van der Waals surface area contributed by atoms with E-state index in [-0.39, 0.29) is 11.9 Å². The van der Waals surface area contributed by atoms with Crippen molar-refractivity contribution in [1.82, 2.24) is 5.32 Å². The van der Waals surface area contributed by atoms with Crippen LogP contribution >= 0.6 is 34.8 Å². The third-order valence-corrected chi connectivity index (χ3v) is 3.13. The van der Waals surface area contributed by atoms with E-state index in [4.69, 9.17) is 34.8 Å². The maximum atomic E-state index is 11.3. The third kappa shape index (κ3) is 4.24. The van der Waals surface area contributed by atoms with Gasteiger partial charge in [0, 0.05) is 31.2 Å². The van der Waals surface area contributed by atoms with E-state index in [1.807, 2.05) is 0 Å². The number of unbranched alkanes of at least 4 members (excludes halogenated alkanes) is 1. The topological polar surface area (TPSA) is 29.1 Å². The summed E-state index contributed by atoms with van der Waals surface area (Å²) in [5, 5.41) is 2.88. The lowest BCUT2D eigenvalue weighted by Gasteiger charge is -2.38. The fourth-order valence-electron chi connectivity index (χ4n) is 1.44. The van der Waals surface area contributed by atoms with Gasteiger partial charge in [0.05, 0.1) is 0 Å². The van der Waals surface area contributed by atoms with E-state index >= 15 is 0 Å². The largest absolute Gasteiger partial charge is 0.353 e. The molecule has 82 valence electrons. The molecule has 1 aliphatic rings. The highest BCUT2D eigenvalue weighted by atomic mass is 35.5. The van der Waals surface area contributed by atoms with E-state index in [1.54, 1.807) is 0 Å². The first-order valence-corrected chi connectivity index (χ1v) is 6.06. The standard InChI is InChI=1S/C9H14Cl3NO/c10-4-2-1-3-8(14)13-7-5-9(11,12)6-7/h7H,1-6H2,(H,13,14). The Balaban J connectivity index is 2.05. The first-order chi connectivity index (χ1) is 6.53. The van der Waals surface area contributed by atoms with Gasteiger partial charge in [-0.1, -0.05) is 0 Å². The normalized spacial score (nSPS) is 20.2. The second-order valence-corrected chi connectivity index (χ2v) is 5.69. The van der Waals surface area contributed by atoms with E-state index < -0.39 is 4.33 Å². The molecule has 0 heterocycles. The average molecular weight is 259 g/mol. The fourth-order valence-corrected chi connectivity index (χ4v) is 2.38. The molecule has 0 aromatic heterocycles. The quantitative estimate of drug-likeness (QED) is 0.596. The van der Waals surface area contributed by atoms with Crippen LogP contribution in [0, 0.1) is 0 Å². The third-order valence-electron chi connectivity index (χ3n) is 2.24. The van der Waals surface area contributed by atoms with Crippen molar-refractivity contribution in [1.29, 1.82) is 0 Å². The van der Waals surface area contributed by atoms with Crippen LogP contribution in [0.15, 0.2) is 0 Å². The maximum Gasteiger partial charge on any atom is 0.220 e. The van der Waals surface area contributed by atoms with E-state index in [2.05, 4.69) is 5.32 Å². The summed E-state index contributed by atoms with van der Waals surface area (Å²) in [7, 11) is 0. The van der Waals surface area contributed by atoms with Crippen LogP contribution in [-0.2, 0) is 4.79 Å². The minimum Gasteiger partial charge on any atom is -0.353 e. The lowest BCUT2D eigenvalue weighted by Crippen LogP contribution is -2.49. The molecule has 5 heteroatoms. The summed E-state index contributed by atoms with van der Waals surface area (Å²) in [5.74, 6) is 0.687. The molecule has 1 fully saturated rings. The van der Waals surface area contributed by atoms with Crippen molar-refractivity contribution in [2.24, 2.45) is 0 Å². The van der Waals surface area contributed by atoms with Crippen LogP contribution in [0.4, 0.5) is 0 Å². The predicted molar refractivity (Wildman–Crippen MR) is 60.2 cm³/mol. The summed E-state index contributed by atoms with van der Waals surface area (Å²) < 4.78 is -0.617. The summed E-state index contributed by atoms with van der Waals surface area (Å²) in [6, 6.07) is 0.161. The number of rotatable bonds is 5. The van der Waals surface area contributed by atoms with Gasteiger partial charge in [0.25, 0.3) is 0 Å². The van der Waals surface area contributed by atoms with Gasteiger partial charge in [0.2, 0.25) is 5.91 Å². The van der Waals surface area contributed by atoms with Crippen molar-refractivity contribution in [2.75, 3.05) is 5.88 Å². The van der Waals surface area contributed by atoms with Crippen molar-refractivity contribution in [3.63, 3.8) is 0 Å². The fraction of sp³-hybridized carbons (Fsp3) is 0.889. The number of nitrogens with one attached hydrogen (secondary N) is 1. The zero-order valence-electron chi connectivity index (χ0n) is 7.86. The molecule has 0 unspecified atom stereocenters. The van der Waals surface area contributed by atoms with Gasteiger partial charge in [-0.3, -0.25) is 4.79 Å². The maximum absolute atomic E-state index is 11.3. The Labute approximate surface area is 99.3 Å². The highest BCUT2D eigenvalue weighted by Gasteiger charge is 2.41. The molecule has 0 radical (unpaired) electrons. The second-order valence-electron chi connectivity index (χ2n) is 3.67. The minimum atomic E-state index is -0.617. The molecular weight excluding hydrogens is 244 g/mol. The summed E-state index contributed by atoms with van der Waals surface area (Å²) in [5.41, 5.74) is 0. The van der Waals surface area contributed by atoms with Crippen LogP contribution in [0.25, 0.3) is 0 Å². The predicted octanol–water partition coefficient (Wildman–Crippen LogP) is 2.85. The number of hydrogen-bond acceptors (Lipinski definition) is 1. The molecule has 0 aliphatic heterocycles. The van der Waals surface area contributed by atoms with E-state index in [0.717, 1.165) is 12.8 Å². The number of carbonyl (C=O) groups is 1. The van der Waals surface area contributed by atoms with Gasteiger partial charge in [-0.25, -0.2) is 0 Å². The van der Waals surface area contributed by atoms with Crippen molar-refractivity contribution in [3.8, 4) is 0 Å². The Hall–Kier alpha value is 0.340. The zero-order valence-corrected chi connectivity index (χ0v) is 10.1. The van der Waals surface area contributed by atoms with Gasteiger partial charge in [-0.15, -0.1) is 34.8 Å². The molecule has 0 saturated heterocycles. The van der Waals surface area contributed by atoms with Gasteiger partial charge < -0.3 is 5.32 Å². The number of carbonyl (C=O) groups excluding carboxylic acids is 1. The summed E-state index contributed by atoms with van der Waals surface area (Å²) >= 11 is 17.1. The monoisotopic (exact) mass is 257 g/mol. The van der Waals surface area contributed by atoms with E-state index in [9.17, 15) is 4.79 Å². The van der Waals surface area contributed by atoms with Crippen LogP contribution in [0.3, 0.4) is 0 Å². The van der Waals surface area contributed by atoms with Crippen LogP contribution < -0.4 is 5.32 Å². The molecule has 1 saturated carbocycles. The summed E-state index contributed by atoms with van der Waals surface area (Å²) in [6.07, 6.45) is 3.57. The van der Waals surface area contributed by atoms with Crippen LogP contribution in [0.2, 0.25) is 0 Å². The summed E-state index contributed by atoms with van der Waals surface area (Å²) in [6.45, 7) is 0. The first kappa shape index (κ1) is 12.4. The number of amides is 1. The Morgan fingerprint density at radius 3 is 2.50 bits per heavy atom. The molecule has 14 heavy (non-hydrogen) atoms. The van der Waals surface area contributed by atoms with E-state index in [1.165, 1.54) is 0 Å². The molecular formula is C9H14Cl3NO. The Bertz CT molecular complexity index is 200. The van der Waals surface area contributed by atoms with Crippen molar-refractivity contribution in [3.05, 3.63) is 0 Å². The Kier molecular flexibility index (Phi) is 4.81. The smallest absolute Gasteiger partial charge is 0.220 e. The highest BCUT2D eigenvalue weighted by molar-refractivity contribution is 6.49. The van der Waals surface area contributed by atoms with Crippen LogP contribution in [0.1, 0.15) is 32.1 Å². The van der Waals surface area contributed by atoms with Gasteiger partial charge in [-0.2, -0.15) is 0 Å². The Morgan fingerprint density at radius 2 is 2.00 bits per heavy atom. The lowest BCUT2D eigenvalue weighted by atomic mass is 9.91. The van der Waals surface area contributed by atoms with Gasteiger partial charge in [-0.05, 0) is 12.8 Å². The van der Waals surface area contributed by atoms with Crippen LogP contribution in [-0.4, -0.2) is 22.2 Å². The SMILES string of the molecule is O=C(CCCCCl)NC1CC(Cl)(Cl)C1. The molecule has 0 aromatic carbocycles. The minimum absolute atomic E-state index is 0.0731. The van der Waals surface area contributed by atoms with E-state index in [0.29, 0.717) is 25.1 Å². The summed E-state index contributed by atoms with van der Waals surface area (Å²) in [4.78, 5) is 11.3. The molecule has 1 amide bonds. The van der Waals surface area contributed by atoms with Crippen LogP contribution in [0.5, 0.6) is 0 Å². The molecule has 0 spiro atoms. The average Bonchev–Trinajstić information content (AvgIpc) is 2.01. The molecule has 0 aromatic rings. The van der Waals surface area contributed by atoms with Gasteiger partial charge >= 0.3 is 0 Å². The van der Waals surface area contributed by atoms with Gasteiger partial charge in [0.1, 0.15) is 4.33 Å². The molecule has 1 aliphatic carbocycles.